The van der Waals surface area contributed by atoms with Crippen molar-refractivity contribution in [3.63, 3.8) is 0 Å². The van der Waals surface area contributed by atoms with Crippen molar-refractivity contribution in [2.24, 2.45) is 7.05 Å². The highest BCUT2D eigenvalue weighted by molar-refractivity contribution is 7.88. The number of halogens is 3. The maximum Gasteiger partial charge on any atom is 0.534 e. The summed E-state index contributed by atoms with van der Waals surface area (Å²) in [4.78, 5) is 0. The average molecular weight is 370 g/mol. The maximum atomic E-state index is 12.6. The first-order valence-electron chi connectivity index (χ1n) is 7.12. The van der Waals surface area contributed by atoms with E-state index in [2.05, 4.69) is 9.28 Å². The summed E-state index contributed by atoms with van der Waals surface area (Å²) >= 11 is 0. The SMILES string of the molecule is Cc1cccc(-c2cc(OS(=O)(=O)C(F)(F)F)cc3c2cnn3C)c1. The molecule has 0 N–H and O–H groups in total. The number of alkyl halides is 3. The van der Waals surface area contributed by atoms with Gasteiger partial charge in [0.15, 0.2) is 0 Å². The summed E-state index contributed by atoms with van der Waals surface area (Å²) in [5, 5.41) is 4.75. The van der Waals surface area contributed by atoms with Crippen molar-refractivity contribution in [1.29, 1.82) is 0 Å². The van der Waals surface area contributed by atoms with E-state index >= 15 is 0 Å². The summed E-state index contributed by atoms with van der Waals surface area (Å²) in [6.07, 6.45) is 1.56. The third-order valence-corrected chi connectivity index (χ3v) is 4.64. The summed E-state index contributed by atoms with van der Waals surface area (Å²) < 4.78 is 66.2. The van der Waals surface area contributed by atoms with E-state index in [1.807, 2.05) is 19.1 Å². The van der Waals surface area contributed by atoms with Gasteiger partial charge in [-0.05, 0) is 24.1 Å². The van der Waals surface area contributed by atoms with E-state index in [9.17, 15) is 21.6 Å². The molecule has 0 bridgehead atoms. The molecule has 25 heavy (non-hydrogen) atoms. The molecule has 0 aliphatic carbocycles. The summed E-state index contributed by atoms with van der Waals surface area (Å²) in [7, 11) is -4.15. The van der Waals surface area contributed by atoms with Crippen LogP contribution in [0.1, 0.15) is 5.56 Å². The minimum Gasteiger partial charge on any atom is -0.376 e. The number of rotatable bonds is 3. The predicted molar refractivity (Wildman–Crippen MR) is 86.5 cm³/mol. The van der Waals surface area contributed by atoms with Gasteiger partial charge < -0.3 is 4.18 Å². The zero-order valence-corrected chi connectivity index (χ0v) is 14.0. The van der Waals surface area contributed by atoms with Gasteiger partial charge in [0.2, 0.25) is 0 Å². The van der Waals surface area contributed by atoms with Crippen LogP contribution < -0.4 is 4.18 Å². The summed E-state index contributed by atoms with van der Waals surface area (Å²) in [6.45, 7) is 1.87. The molecule has 5 nitrogen and oxygen atoms in total. The number of nitrogens with zero attached hydrogens (tertiary/aromatic N) is 2. The van der Waals surface area contributed by atoms with E-state index in [-0.39, 0.29) is 0 Å². The monoisotopic (exact) mass is 370 g/mol. The van der Waals surface area contributed by atoms with Gasteiger partial charge in [0.05, 0.1) is 11.7 Å². The lowest BCUT2D eigenvalue weighted by Gasteiger charge is -2.12. The molecule has 9 heteroatoms. The van der Waals surface area contributed by atoms with Gasteiger partial charge in [0.25, 0.3) is 0 Å². The molecule has 0 saturated heterocycles. The van der Waals surface area contributed by atoms with Gasteiger partial charge >= 0.3 is 15.6 Å². The zero-order valence-electron chi connectivity index (χ0n) is 13.2. The molecule has 1 aromatic heterocycles. The first-order valence-corrected chi connectivity index (χ1v) is 8.53. The zero-order chi connectivity index (χ0) is 18.4. The van der Waals surface area contributed by atoms with Crippen molar-refractivity contribution in [3.05, 3.63) is 48.2 Å². The first kappa shape index (κ1) is 17.3. The fourth-order valence-corrected chi connectivity index (χ4v) is 2.94. The minimum atomic E-state index is -5.75. The first-order chi connectivity index (χ1) is 11.6. The highest BCUT2D eigenvalue weighted by atomic mass is 32.2. The van der Waals surface area contributed by atoms with Crippen molar-refractivity contribution in [2.45, 2.75) is 12.4 Å². The quantitative estimate of drug-likeness (QED) is 0.520. The second kappa shape index (κ2) is 5.76. The number of fused-ring (bicyclic) bond motifs is 1. The number of aryl methyl sites for hydroxylation is 2. The average Bonchev–Trinajstić information content (AvgIpc) is 2.86. The standard InChI is InChI=1S/C16H13F3N2O3S/c1-10-4-3-5-11(6-10)13-7-12(24-25(22,23)16(17,18)19)8-15-14(13)9-20-21(15)2/h3-9H,1-2H3. The molecule has 2 aromatic carbocycles. The van der Waals surface area contributed by atoms with Gasteiger partial charge in [-0.3, -0.25) is 4.68 Å². The van der Waals surface area contributed by atoms with Gasteiger partial charge in [-0.1, -0.05) is 29.8 Å². The van der Waals surface area contributed by atoms with E-state index in [1.54, 1.807) is 25.4 Å². The number of hydrogen-bond acceptors (Lipinski definition) is 4. The van der Waals surface area contributed by atoms with Gasteiger partial charge in [-0.15, -0.1) is 0 Å². The van der Waals surface area contributed by atoms with Crippen LogP contribution in [0, 0.1) is 6.92 Å². The Hall–Kier alpha value is -2.55. The number of hydrogen-bond donors (Lipinski definition) is 0. The Bertz CT molecular complexity index is 1060. The van der Waals surface area contributed by atoms with Crippen LogP contribution in [-0.2, 0) is 17.2 Å². The van der Waals surface area contributed by atoms with Crippen LogP contribution >= 0.6 is 0 Å². The van der Waals surface area contributed by atoms with Crippen molar-refractivity contribution in [2.75, 3.05) is 0 Å². The molecule has 0 unspecified atom stereocenters. The molecule has 3 rings (SSSR count). The highest BCUT2D eigenvalue weighted by Crippen LogP contribution is 2.35. The van der Waals surface area contributed by atoms with E-state index in [0.29, 0.717) is 22.0 Å². The Morgan fingerprint density at radius 2 is 1.88 bits per heavy atom. The predicted octanol–water partition coefficient (Wildman–Crippen LogP) is 3.78. The van der Waals surface area contributed by atoms with Crippen molar-refractivity contribution < 1.29 is 25.8 Å². The molecule has 0 spiro atoms. The topological polar surface area (TPSA) is 61.2 Å². The Labute approximate surface area is 141 Å². The normalized spacial score (nSPS) is 12.5. The smallest absolute Gasteiger partial charge is 0.376 e. The number of benzene rings is 2. The van der Waals surface area contributed by atoms with Gasteiger partial charge in [-0.2, -0.15) is 26.7 Å². The van der Waals surface area contributed by atoms with Gasteiger partial charge in [0, 0.05) is 18.5 Å². The van der Waals surface area contributed by atoms with Crippen LogP contribution in [0.5, 0.6) is 5.75 Å². The lowest BCUT2D eigenvalue weighted by Crippen LogP contribution is -2.28. The Balaban J connectivity index is 2.21. The fraction of sp³-hybridized carbons (Fsp3) is 0.188. The van der Waals surface area contributed by atoms with E-state index in [1.165, 1.54) is 16.8 Å². The van der Waals surface area contributed by atoms with Gasteiger partial charge in [-0.25, -0.2) is 0 Å². The molecule has 0 atom stereocenters. The Morgan fingerprint density at radius 1 is 1.16 bits per heavy atom. The van der Waals surface area contributed by atoms with E-state index in [0.717, 1.165) is 5.56 Å². The summed E-state index contributed by atoms with van der Waals surface area (Å²) in [5.41, 5.74) is -2.86. The minimum absolute atomic E-state index is 0.426. The molecule has 0 aliphatic rings. The Kier molecular flexibility index (Phi) is 3.98. The van der Waals surface area contributed by atoms with E-state index < -0.39 is 21.4 Å². The van der Waals surface area contributed by atoms with Crippen LogP contribution in [0.15, 0.2) is 42.6 Å². The lowest BCUT2D eigenvalue weighted by atomic mass is 10.00. The largest absolute Gasteiger partial charge is 0.534 e. The third-order valence-electron chi connectivity index (χ3n) is 3.66. The van der Waals surface area contributed by atoms with Crippen LogP contribution in [0.2, 0.25) is 0 Å². The molecule has 0 amide bonds. The second-order valence-corrected chi connectivity index (χ2v) is 7.06. The van der Waals surface area contributed by atoms with Gasteiger partial charge in [0.1, 0.15) is 5.75 Å². The molecule has 0 fully saturated rings. The lowest BCUT2D eigenvalue weighted by molar-refractivity contribution is -0.0500. The van der Waals surface area contributed by atoms with Crippen LogP contribution in [0.25, 0.3) is 22.0 Å². The molecular formula is C16H13F3N2O3S. The molecule has 0 radical (unpaired) electrons. The van der Waals surface area contributed by atoms with Crippen molar-refractivity contribution >= 4 is 21.0 Å². The van der Waals surface area contributed by atoms with Crippen molar-refractivity contribution in [1.82, 2.24) is 9.78 Å². The highest BCUT2D eigenvalue weighted by Gasteiger charge is 2.48. The van der Waals surface area contributed by atoms with E-state index in [4.69, 9.17) is 0 Å². The van der Waals surface area contributed by atoms with Crippen LogP contribution in [0.4, 0.5) is 13.2 Å². The Morgan fingerprint density at radius 3 is 2.52 bits per heavy atom. The fourth-order valence-electron chi connectivity index (χ4n) is 2.50. The number of aromatic nitrogens is 2. The molecular weight excluding hydrogens is 357 g/mol. The summed E-state index contributed by atoms with van der Waals surface area (Å²) in [5.74, 6) is -0.426. The van der Waals surface area contributed by atoms with Crippen LogP contribution in [-0.4, -0.2) is 23.7 Å². The maximum absolute atomic E-state index is 12.6. The second-order valence-electron chi connectivity index (χ2n) is 5.52. The summed E-state index contributed by atoms with van der Waals surface area (Å²) in [6, 6.07) is 9.76. The molecule has 1 heterocycles. The van der Waals surface area contributed by atoms with Crippen molar-refractivity contribution in [3.8, 4) is 16.9 Å². The molecule has 132 valence electrons. The molecule has 0 saturated carbocycles. The van der Waals surface area contributed by atoms with Crippen LogP contribution in [0.3, 0.4) is 0 Å². The third kappa shape index (κ3) is 3.19. The molecule has 3 aromatic rings. The molecule has 0 aliphatic heterocycles.